The molecule has 0 aliphatic heterocycles. The molecule has 0 saturated heterocycles. The summed E-state index contributed by atoms with van der Waals surface area (Å²) in [4.78, 5) is 12.3. The lowest BCUT2D eigenvalue weighted by Gasteiger charge is -2.07. The van der Waals surface area contributed by atoms with Gasteiger partial charge in [0, 0.05) is 11.1 Å². The van der Waals surface area contributed by atoms with Crippen molar-refractivity contribution in [2.45, 2.75) is 6.61 Å². The Morgan fingerprint density at radius 1 is 0.917 bits per heavy atom. The number of carbonyl (C=O) groups excluding carboxylic acids is 1. The fourth-order valence-electron chi connectivity index (χ4n) is 2.43. The number of para-hydroxylation sites is 1. The van der Waals surface area contributed by atoms with E-state index in [4.69, 9.17) is 0 Å². The van der Waals surface area contributed by atoms with E-state index in [0.717, 1.165) is 10.8 Å². The van der Waals surface area contributed by atoms with Crippen LogP contribution >= 0.6 is 0 Å². The number of allylic oxidation sites excluding steroid dienone is 1. The zero-order valence-electron chi connectivity index (χ0n) is 12.7. The Hall–Kier alpha value is -3.01. The van der Waals surface area contributed by atoms with Gasteiger partial charge in [0.05, 0.1) is 0 Å². The van der Waals surface area contributed by atoms with Crippen LogP contribution in [0.4, 0.5) is 8.78 Å². The molecule has 3 aromatic carbocycles. The van der Waals surface area contributed by atoms with Crippen LogP contribution in [0.1, 0.15) is 15.9 Å². The summed E-state index contributed by atoms with van der Waals surface area (Å²) in [5.74, 6) is -0.164. The Kier molecular flexibility index (Phi) is 4.66. The highest BCUT2D eigenvalue weighted by Crippen LogP contribution is 2.22. The van der Waals surface area contributed by atoms with Crippen molar-refractivity contribution < 1.29 is 18.3 Å². The molecule has 0 bridgehead atoms. The van der Waals surface area contributed by atoms with E-state index in [9.17, 15) is 13.6 Å². The lowest BCUT2D eigenvalue weighted by molar-refractivity contribution is -0.0499. The maximum atomic E-state index is 12.4. The summed E-state index contributed by atoms with van der Waals surface area (Å²) in [5, 5.41) is 2.02. The van der Waals surface area contributed by atoms with Gasteiger partial charge < -0.3 is 4.74 Å². The smallest absolute Gasteiger partial charge is 0.387 e. The molecule has 0 saturated carbocycles. The first-order valence-electron chi connectivity index (χ1n) is 7.38. The molecule has 3 rings (SSSR count). The van der Waals surface area contributed by atoms with Crippen molar-refractivity contribution in [3.8, 4) is 5.75 Å². The number of fused-ring (bicyclic) bond motifs is 1. The van der Waals surface area contributed by atoms with Crippen molar-refractivity contribution in [2.24, 2.45) is 0 Å². The molecule has 0 amide bonds. The SMILES string of the molecule is O=C(C=Cc1ccccc1OC(F)F)c1ccc2ccccc2c1. The maximum Gasteiger partial charge on any atom is 0.387 e. The second kappa shape index (κ2) is 7.04. The highest BCUT2D eigenvalue weighted by atomic mass is 19.3. The quantitative estimate of drug-likeness (QED) is 0.468. The van der Waals surface area contributed by atoms with Crippen molar-refractivity contribution in [3.63, 3.8) is 0 Å². The minimum Gasteiger partial charge on any atom is -0.434 e. The highest BCUT2D eigenvalue weighted by molar-refractivity contribution is 6.08. The van der Waals surface area contributed by atoms with Crippen LogP contribution in [-0.2, 0) is 0 Å². The third kappa shape index (κ3) is 3.66. The molecule has 0 heterocycles. The highest BCUT2D eigenvalue weighted by Gasteiger charge is 2.08. The third-order valence-electron chi connectivity index (χ3n) is 3.58. The van der Waals surface area contributed by atoms with Gasteiger partial charge in [0.25, 0.3) is 0 Å². The van der Waals surface area contributed by atoms with Crippen LogP contribution in [0.3, 0.4) is 0 Å². The molecular formula is C20H14F2O2. The fraction of sp³-hybridized carbons (Fsp3) is 0.0500. The molecular weight excluding hydrogens is 310 g/mol. The predicted octanol–water partition coefficient (Wildman–Crippen LogP) is 5.34. The van der Waals surface area contributed by atoms with Crippen LogP contribution < -0.4 is 4.74 Å². The van der Waals surface area contributed by atoms with Gasteiger partial charge in [-0.15, -0.1) is 0 Å². The molecule has 4 heteroatoms. The van der Waals surface area contributed by atoms with Crippen molar-refractivity contribution >= 4 is 22.6 Å². The largest absolute Gasteiger partial charge is 0.434 e. The van der Waals surface area contributed by atoms with E-state index in [1.165, 1.54) is 18.2 Å². The molecule has 0 unspecified atom stereocenters. The van der Waals surface area contributed by atoms with Gasteiger partial charge in [-0.25, -0.2) is 0 Å². The Labute approximate surface area is 138 Å². The second-order valence-electron chi connectivity index (χ2n) is 5.18. The Morgan fingerprint density at radius 2 is 1.62 bits per heavy atom. The minimum atomic E-state index is -2.91. The number of ketones is 1. The monoisotopic (exact) mass is 324 g/mol. The Bertz CT molecular complexity index is 901. The summed E-state index contributed by atoms with van der Waals surface area (Å²) >= 11 is 0. The number of carbonyl (C=O) groups is 1. The van der Waals surface area contributed by atoms with Crippen molar-refractivity contribution in [3.05, 3.63) is 83.9 Å². The predicted molar refractivity (Wildman–Crippen MR) is 90.4 cm³/mol. The fourth-order valence-corrected chi connectivity index (χ4v) is 2.43. The van der Waals surface area contributed by atoms with Gasteiger partial charge in [0.2, 0.25) is 0 Å². The summed E-state index contributed by atoms with van der Waals surface area (Å²) in [6.07, 6.45) is 2.84. The molecule has 0 aromatic heterocycles. The van der Waals surface area contributed by atoms with Crippen LogP contribution in [0.5, 0.6) is 5.75 Å². The molecule has 2 nitrogen and oxygen atoms in total. The number of benzene rings is 3. The van der Waals surface area contributed by atoms with Crippen LogP contribution in [0.2, 0.25) is 0 Å². The Balaban J connectivity index is 1.84. The van der Waals surface area contributed by atoms with Gasteiger partial charge in [0.15, 0.2) is 5.78 Å². The van der Waals surface area contributed by atoms with Crippen molar-refractivity contribution in [1.82, 2.24) is 0 Å². The normalized spacial score (nSPS) is 11.3. The van der Waals surface area contributed by atoms with Crippen molar-refractivity contribution in [2.75, 3.05) is 0 Å². The first kappa shape index (κ1) is 15.9. The summed E-state index contributed by atoms with van der Waals surface area (Å²) < 4.78 is 29.2. The second-order valence-corrected chi connectivity index (χ2v) is 5.18. The van der Waals surface area contributed by atoms with Gasteiger partial charge >= 0.3 is 6.61 Å². The average molecular weight is 324 g/mol. The molecule has 0 aliphatic carbocycles. The molecule has 3 aromatic rings. The average Bonchev–Trinajstić information content (AvgIpc) is 2.60. The summed E-state index contributed by atoms with van der Waals surface area (Å²) in [6, 6.07) is 19.5. The molecule has 0 N–H and O–H groups in total. The molecule has 0 aliphatic rings. The standard InChI is InChI=1S/C20H14F2O2/c21-20(22)24-19-8-4-3-6-15(19)11-12-18(23)17-10-9-14-5-1-2-7-16(14)13-17/h1-13,20H. The third-order valence-corrected chi connectivity index (χ3v) is 3.58. The van der Waals surface area contributed by atoms with Crippen LogP contribution in [0, 0.1) is 0 Å². The van der Waals surface area contributed by atoms with E-state index in [-0.39, 0.29) is 11.5 Å². The number of hydrogen-bond donors (Lipinski definition) is 0. The Morgan fingerprint density at radius 3 is 2.42 bits per heavy atom. The first-order valence-corrected chi connectivity index (χ1v) is 7.38. The van der Waals surface area contributed by atoms with E-state index >= 15 is 0 Å². The van der Waals surface area contributed by atoms with Crippen LogP contribution in [0.25, 0.3) is 16.8 Å². The lowest BCUT2D eigenvalue weighted by Crippen LogP contribution is -2.03. The van der Waals surface area contributed by atoms with Gasteiger partial charge in [-0.1, -0.05) is 54.6 Å². The van der Waals surface area contributed by atoms with Crippen LogP contribution in [-0.4, -0.2) is 12.4 Å². The van der Waals surface area contributed by atoms with E-state index in [2.05, 4.69) is 4.74 Å². The van der Waals surface area contributed by atoms with Crippen LogP contribution in [0.15, 0.2) is 72.8 Å². The van der Waals surface area contributed by atoms with Gasteiger partial charge in [-0.3, -0.25) is 4.79 Å². The maximum absolute atomic E-state index is 12.4. The van der Waals surface area contributed by atoms with E-state index in [1.54, 1.807) is 24.3 Å². The number of hydrogen-bond acceptors (Lipinski definition) is 2. The molecule has 0 fully saturated rings. The summed E-state index contributed by atoms with van der Waals surface area (Å²) in [7, 11) is 0. The first-order chi connectivity index (χ1) is 11.6. The topological polar surface area (TPSA) is 26.3 Å². The van der Waals surface area contributed by atoms with Gasteiger partial charge in [0.1, 0.15) is 5.75 Å². The zero-order valence-corrected chi connectivity index (χ0v) is 12.7. The lowest BCUT2D eigenvalue weighted by atomic mass is 10.0. The van der Waals surface area contributed by atoms with E-state index in [0.29, 0.717) is 11.1 Å². The summed E-state index contributed by atoms with van der Waals surface area (Å²) in [6.45, 7) is -2.91. The van der Waals surface area contributed by atoms with Gasteiger partial charge in [-0.2, -0.15) is 8.78 Å². The van der Waals surface area contributed by atoms with Crippen molar-refractivity contribution in [1.29, 1.82) is 0 Å². The molecule has 0 radical (unpaired) electrons. The summed E-state index contributed by atoms with van der Waals surface area (Å²) in [5.41, 5.74) is 0.962. The van der Waals surface area contributed by atoms with E-state index < -0.39 is 6.61 Å². The molecule has 120 valence electrons. The number of alkyl halides is 2. The molecule has 0 spiro atoms. The minimum absolute atomic E-state index is 0.0371. The van der Waals surface area contributed by atoms with E-state index in [1.807, 2.05) is 36.4 Å². The molecule has 0 atom stereocenters. The number of ether oxygens (including phenoxy) is 1. The number of halogens is 2. The zero-order chi connectivity index (χ0) is 16.9. The molecule has 24 heavy (non-hydrogen) atoms. The number of rotatable bonds is 5. The van der Waals surface area contributed by atoms with Gasteiger partial charge in [-0.05, 0) is 35.1 Å².